The molecule has 1 heterocycles. The van der Waals surface area contributed by atoms with Crippen LogP contribution >= 0.6 is 0 Å². The van der Waals surface area contributed by atoms with E-state index < -0.39 is 27.9 Å². The predicted octanol–water partition coefficient (Wildman–Crippen LogP) is 2.03. The van der Waals surface area contributed by atoms with Crippen molar-refractivity contribution in [2.45, 2.75) is 25.4 Å². The van der Waals surface area contributed by atoms with E-state index in [2.05, 4.69) is 5.32 Å². The average molecular weight is 282 g/mol. The van der Waals surface area contributed by atoms with Gasteiger partial charge in [0.15, 0.2) is 0 Å². The number of halogens is 1. The predicted molar refractivity (Wildman–Crippen MR) is 69.0 cm³/mol. The second kappa shape index (κ2) is 5.54. The van der Waals surface area contributed by atoms with Crippen molar-refractivity contribution in [1.82, 2.24) is 5.32 Å². The van der Waals surface area contributed by atoms with Crippen molar-refractivity contribution >= 4 is 11.6 Å². The molecule has 7 heteroatoms. The van der Waals surface area contributed by atoms with E-state index in [1.807, 2.05) is 6.92 Å². The van der Waals surface area contributed by atoms with Crippen LogP contribution in [0, 0.1) is 15.9 Å². The minimum Gasteiger partial charge on any atom is -0.373 e. The van der Waals surface area contributed by atoms with Gasteiger partial charge in [-0.2, -0.15) is 4.39 Å². The zero-order valence-corrected chi connectivity index (χ0v) is 11.0. The summed E-state index contributed by atoms with van der Waals surface area (Å²) in [6.07, 6.45) is 1.78. The van der Waals surface area contributed by atoms with E-state index in [1.165, 1.54) is 6.07 Å². The second-order valence-electron chi connectivity index (χ2n) is 5.01. The lowest BCUT2D eigenvalue weighted by Crippen LogP contribution is -2.40. The molecule has 1 aromatic rings. The van der Waals surface area contributed by atoms with Crippen LogP contribution in [0.25, 0.3) is 0 Å². The number of carbonyl (C=O) groups excluding carboxylic acids is 1. The number of rotatable bonds is 4. The molecule has 1 aliphatic rings. The summed E-state index contributed by atoms with van der Waals surface area (Å²) in [4.78, 5) is 21.7. The zero-order valence-electron chi connectivity index (χ0n) is 11.0. The van der Waals surface area contributed by atoms with Crippen molar-refractivity contribution in [3.05, 3.63) is 39.7 Å². The first-order valence-electron chi connectivity index (χ1n) is 6.27. The van der Waals surface area contributed by atoms with Crippen LogP contribution in [0.4, 0.5) is 10.1 Å². The average Bonchev–Trinajstić information content (AvgIpc) is 2.84. The maximum absolute atomic E-state index is 13.2. The number of amides is 1. The van der Waals surface area contributed by atoms with Gasteiger partial charge in [0.1, 0.15) is 0 Å². The van der Waals surface area contributed by atoms with Crippen LogP contribution in [0.5, 0.6) is 0 Å². The minimum absolute atomic E-state index is 0.0553. The minimum atomic E-state index is -0.961. The van der Waals surface area contributed by atoms with Crippen LogP contribution in [0.2, 0.25) is 0 Å². The third kappa shape index (κ3) is 3.11. The first-order valence-corrected chi connectivity index (χ1v) is 6.27. The van der Waals surface area contributed by atoms with Gasteiger partial charge in [0.25, 0.3) is 5.91 Å². The number of ether oxygens (including phenoxy) is 1. The molecule has 0 aliphatic carbocycles. The number of hydrogen-bond acceptors (Lipinski definition) is 4. The van der Waals surface area contributed by atoms with Gasteiger partial charge >= 0.3 is 5.69 Å². The number of carbonyl (C=O) groups is 1. The van der Waals surface area contributed by atoms with Crippen LogP contribution in [-0.2, 0) is 4.74 Å². The number of nitro groups is 1. The molecule has 2 rings (SSSR count). The summed E-state index contributed by atoms with van der Waals surface area (Å²) in [5, 5.41) is 13.3. The summed E-state index contributed by atoms with van der Waals surface area (Å²) in [5.74, 6) is -1.44. The molecule has 0 bridgehead atoms. The molecule has 108 valence electrons. The summed E-state index contributed by atoms with van der Waals surface area (Å²) in [6, 6.07) is 3.07. The molecule has 1 unspecified atom stereocenters. The molecular weight excluding hydrogens is 267 g/mol. The van der Waals surface area contributed by atoms with Crippen LogP contribution in [0.1, 0.15) is 30.1 Å². The lowest BCUT2D eigenvalue weighted by molar-refractivity contribution is -0.387. The third-order valence-electron chi connectivity index (χ3n) is 3.33. The first-order chi connectivity index (χ1) is 9.41. The Bertz CT molecular complexity index is 541. The SMILES string of the molecule is CC1(CNC(=O)c2ccc(F)c([N+](=O)[O-])c2)CCCO1. The molecule has 1 saturated heterocycles. The quantitative estimate of drug-likeness (QED) is 0.676. The number of nitrogens with one attached hydrogen (secondary N) is 1. The van der Waals surface area contributed by atoms with Crippen molar-refractivity contribution in [3.63, 3.8) is 0 Å². The molecule has 1 atom stereocenters. The van der Waals surface area contributed by atoms with Gasteiger partial charge in [-0.05, 0) is 31.9 Å². The maximum atomic E-state index is 13.2. The standard InChI is InChI=1S/C13H15FN2O4/c1-13(5-2-6-20-13)8-15-12(17)9-3-4-10(14)11(7-9)16(18)19/h3-4,7H,2,5-6,8H2,1H3,(H,15,17). The Morgan fingerprint density at radius 2 is 2.35 bits per heavy atom. The van der Waals surface area contributed by atoms with E-state index in [1.54, 1.807) is 0 Å². The highest BCUT2D eigenvalue weighted by molar-refractivity contribution is 5.94. The second-order valence-corrected chi connectivity index (χ2v) is 5.01. The zero-order chi connectivity index (χ0) is 14.8. The highest BCUT2D eigenvalue weighted by Gasteiger charge is 2.30. The fourth-order valence-electron chi connectivity index (χ4n) is 2.14. The Kier molecular flexibility index (Phi) is 3.99. The number of nitro benzene ring substituents is 1. The Morgan fingerprint density at radius 3 is 2.95 bits per heavy atom. The molecule has 0 spiro atoms. The maximum Gasteiger partial charge on any atom is 0.305 e. The highest BCUT2D eigenvalue weighted by atomic mass is 19.1. The van der Waals surface area contributed by atoms with Crippen LogP contribution in [0.15, 0.2) is 18.2 Å². The number of benzene rings is 1. The van der Waals surface area contributed by atoms with Crippen LogP contribution in [-0.4, -0.2) is 29.6 Å². The van der Waals surface area contributed by atoms with Crippen molar-refractivity contribution in [3.8, 4) is 0 Å². The molecule has 1 aliphatic heterocycles. The Labute approximate surface area is 115 Å². The third-order valence-corrected chi connectivity index (χ3v) is 3.33. The van der Waals surface area contributed by atoms with Gasteiger partial charge in [-0.15, -0.1) is 0 Å². The van der Waals surface area contributed by atoms with Crippen LogP contribution < -0.4 is 5.32 Å². The molecule has 1 aromatic carbocycles. The van der Waals surface area contributed by atoms with Crippen LogP contribution in [0.3, 0.4) is 0 Å². The summed E-state index contributed by atoms with van der Waals surface area (Å²) >= 11 is 0. The van der Waals surface area contributed by atoms with Crippen molar-refractivity contribution in [2.75, 3.05) is 13.2 Å². The van der Waals surface area contributed by atoms with E-state index in [-0.39, 0.29) is 5.56 Å². The monoisotopic (exact) mass is 282 g/mol. The van der Waals surface area contributed by atoms with Gasteiger partial charge in [-0.25, -0.2) is 0 Å². The molecule has 1 N–H and O–H groups in total. The van der Waals surface area contributed by atoms with Gasteiger partial charge in [-0.3, -0.25) is 14.9 Å². The van der Waals surface area contributed by atoms with E-state index in [0.29, 0.717) is 13.2 Å². The smallest absolute Gasteiger partial charge is 0.305 e. The number of hydrogen-bond donors (Lipinski definition) is 1. The van der Waals surface area contributed by atoms with Crippen molar-refractivity contribution in [1.29, 1.82) is 0 Å². The summed E-state index contributed by atoms with van der Waals surface area (Å²) < 4.78 is 18.7. The lowest BCUT2D eigenvalue weighted by Gasteiger charge is -2.23. The molecule has 0 aromatic heterocycles. The van der Waals surface area contributed by atoms with Crippen molar-refractivity contribution < 1.29 is 18.8 Å². The molecule has 0 radical (unpaired) electrons. The fourth-order valence-corrected chi connectivity index (χ4v) is 2.14. The van der Waals surface area contributed by atoms with Gasteiger partial charge in [0, 0.05) is 24.8 Å². The summed E-state index contributed by atoms with van der Waals surface area (Å²) in [7, 11) is 0. The van der Waals surface area contributed by atoms with E-state index >= 15 is 0 Å². The van der Waals surface area contributed by atoms with Gasteiger partial charge in [0.05, 0.1) is 10.5 Å². The van der Waals surface area contributed by atoms with Gasteiger partial charge < -0.3 is 10.1 Å². The highest BCUT2D eigenvalue weighted by Crippen LogP contribution is 2.24. The molecule has 6 nitrogen and oxygen atoms in total. The first kappa shape index (κ1) is 14.4. The summed E-state index contributed by atoms with van der Waals surface area (Å²) in [6.45, 7) is 2.87. The normalized spacial score (nSPS) is 21.7. The fraction of sp³-hybridized carbons (Fsp3) is 0.462. The molecule has 1 fully saturated rings. The van der Waals surface area contributed by atoms with E-state index in [0.717, 1.165) is 25.0 Å². The van der Waals surface area contributed by atoms with Crippen molar-refractivity contribution in [2.24, 2.45) is 0 Å². The molecule has 20 heavy (non-hydrogen) atoms. The largest absolute Gasteiger partial charge is 0.373 e. The Balaban J connectivity index is 2.06. The summed E-state index contributed by atoms with van der Waals surface area (Å²) in [5.41, 5.74) is -1.05. The Morgan fingerprint density at radius 1 is 1.60 bits per heavy atom. The number of nitrogens with zero attached hydrogens (tertiary/aromatic N) is 1. The topological polar surface area (TPSA) is 81.5 Å². The molecular formula is C13H15FN2O4. The van der Waals surface area contributed by atoms with Gasteiger partial charge in [-0.1, -0.05) is 0 Å². The molecule has 1 amide bonds. The van der Waals surface area contributed by atoms with E-state index in [4.69, 9.17) is 4.74 Å². The van der Waals surface area contributed by atoms with E-state index in [9.17, 15) is 19.3 Å². The molecule has 0 saturated carbocycles. The lowest BCUT2D eigenvalue weighted by atomic mass is 10.0. The van der Waals surface area contributed by atoms with Gasteiger partial charge in [0.2, 0.25) is 5.82 Å². The Hall–Kier alpha value is -2.02.